The number of carbonyl (C=O) groups is 2. The van der Waals surface area contributed by atoms with Crippen LogP contribution < -0.4 is 20.9 Å². The molecule has 11 heteroatoms. The Morgan fingerprint density at radius 2 is 1.73 bits per heavy atom. The van der Waals surface area contributed by atoms with Gasteiger partial charge in [0.25, 0.3) is 5.91 Å². The summed E-state index contributed by atoms with van der Waals surface area (Å²) in [5.74, 6) is -0.0651. The molecule has 1 fully saturated rings. The molecule has 1 saturated heterocycles. The van der Waals surface area contributed by atoms with Gasteiger partial charge in [-0.25, -0.2) is 4.98 Å². The summed E-state index contributed by atoms with van der Waals surface area (Å²) in [6, 6.07) is 18.7. The highest BCUT2D eigenvalue weighted by Crippen LogP contribution is 2.31. The first-order valence-electron chi connectivity index (χ1n) is 14.1. The average Bonchev–Trinajstić information content (AvgIpc) is 3.01. The first-order valence-corrected chi connectivity index (χ1v) is 14.9. The number of nitrogens with one attached hydrogen (secondary N) is 3. The minimum Gasteiger partial charge on any atom is -0.369 e. The average molecular weight is 631 g/mol. The predicted molar refractivity (Wildman–Crippen MR) is 179 cm³/mol. The Morgan fingerprint density at radius 3 is 2.43 bits per heavy atom. The molecular weight excluding hydrogens is 597 g/mol. The van der Waals surface area contributed by atoms with Crippen LogP contribution in [0.3, 0.4) is 0 Å². The highest BCUT2D eigenvalue weighted by atomic mass is 35.5. The third-order valence-electron chi connectivity index (χ3n) is 7.38. The Hall–Kier alpha value is -4.44. The molecule has 3 aromatic carbocycles. The lowest BCUT2D eigenvalue weighted by atomic mass is 10.1. The third-order valence-corrected chi connectivity index (χ3v) is 7.90. The van der Waals surface area contributed by atoms with E-state index in [1.54, 1.807) is 19.1 Å². The van der Waals surface area contributed by atoms with Crippen molar-refractivity contribution < 1.29 is 9.59 Å². The first-order chi connectivity index (χ1) is 21.2. The van der Waals surface area contributed by atoms with Gasteiger partial charge in [-0.2, -0.15) is 4.98 Å². The molecule has 1 aliphatic rings. The van der Waals surface area contributed by atoms with Crippen molar-refractivity contribution in [1.82, 2.24) is 14.9 Å². The number of hydrogen-bond acceptors (Lipinski definition) is 8. The number of halogens is 2. The number of carbonyl (C=O) groups excluding carboxylic acids is 2. The molecule has 1 aliphatic heterocycles. The van der Waals surface area contributed by atoms with Crippen molar-refractivity contribution in [3.8, 4) is 0 Å². The molecule has 0 unspecified atom stereocenters. The number of aryl methyl sites for hydroxylation is 1. The van der Waals surface area contributed by atoms with Gasteiger partial charge < -0.3 is 25.8 Å². The van der Waals surface area contributed by atoms with Crippen LogP contribution in [0.2, 0.25) is 10.0 Å². The first kappa shape index (κ1) is 31.0. The zero-order chi connectivity index (χ0) is 31.2. The topological polar surface area (TPSA) is 102 Å². The van der Waals surface area contributed by atoms with E-state index in [9.17, 15) is 9.59 Å². The van der Waals surface area contributed by atoms with Gasteiger partial charge in [-0.05, 0) is 73.6 Å². The fourth-order valence-corrected chi connectivity index (χ4v) is 5.52. The molecular formula is C33H33Cl2N7O2. The number of ketones is 1. The van der Waals surface area contributed by atoms with Gasteiger partial charge in [0, 0.05) is 60.9 Å². The number of anilines is 6. The van der Waals surface area contributed by atoms with E-state index in [1.165, 1.54) is 12.3 Å². The predicted octanol–water partition coefficient (Wildman–Crippen LogP) is 6.88. The van der Waals surface area contributed by atoms with E-state index in [0.29, 0.717) is 27.0 Å². The van der Waals surface area contributed by atoms with E-state index in [1.807, 2.05) is 36.4 Å². The van der Waals surface area contributed by atoms with Crippen LogP contribution in [-0.2, 0) is 11.2 Å². The molecule has 9 nitrogen and oxygen atoms in total. The summed E-state index contributed by atoms with van der Waals surface area (Å²) in [5.41, 5.74) is 4.62. The maximum atomic E-state index is 13.6. The van der Waals surface area contributed by atoms with Crippen LogP contribution in [0.25, 0.3) is 0 Å². The van der Waals surface area contributed by atoms with Crippen molar-refractivity contribution in [3.05, 3.63) is 106 Å². The van der Waals surface area contributed by atoms with Crippen LogP contribution in [0.15, 0.2) is 79.5 Å². The zero-order valence-corrected chi connectivity index (χ0v) is 26.0. The van der Waals surface area contributed by atoms with E-state index in [0.717, 1.165) is 43.1 Å². The molecule has 0 radical (unpaired) electrons. The second kappa shape index (κ2) is 13.9. The van der Waals surface area contributed by atoms with Crippen LogP contribution in [0, 0.1) is 6.92 Å². The lowest BCUT2D eigenvalue weighted by molar-refractivity contribution is -0.114. The van der Waals surface area contributed by atoms with Gasteiger partial charge in [-0.3, -0.25) is 9.59 Å². The summed E-state index contributed by atoms with van der Waals surface area (Å²) in [6.07, 6.45) is 2.88. The smallest absolute Gasteiger partial charge is 0.261 e. The highest BCUT2D eigenvalue weighted by molar-refractivity contribution is 6.37. The number of piperazine rings is 1. The van der Waals surface area contributed by atoms with Crippen molar-refractivity contribution in [2.24, 2.45) is 0 Å². The van der Waals surface area contributed by atoms with Crippen molar-refractivity contribution in [3.63, 3.8) is 0 Å². The minimum absolute atomic E-state index is 0.130. The molecule has 2 heterocycles. The van der Waals surface area contributed by atoms with Crippen molar-refractivity contribution in [2.75, 3.05) is 54.1 Å². The van der Waals surface area contributed by atoms with Crippen molar-refractivity contribution in [2.45, 2.75) is 13.3 Å². The Balaban J connectivity index is 1.44. The van der Waals surface area contributed by atoms with E-state index < -0.39 is 5.91 Å². The second-order valence-electron chi connectivity index (χ2n) is 10.6. The molecule has 1 amide bonds. The Kier molecular flexibility index (Phi) is 9.79. The lowest BCUT2D eigenvalue weighted by Crippen LogP contribution is -2.44. The van der Waals surface area contributed by atoms with Crippen LogP contribution in [0.5, 0.6) is 0 Å². The largest absolute Gasteiger partial charge is 0.369 e. The van der Waals surface area contributed by atoms with E-state index in [-0.39, 0.29) is 29.5 Å². The molecule has 0 bridgehead atoms. The summed E-state index contributed by atoms with van der Waals surface area (Å²) >= 11 is 12.5. The maximum Gasteiger partial charge on any atom is 0.261 e. The fraction of sp³-hybridized carbons (Fsp3) is 0.212. The van der Waals surface area contributed by atoms with Gasteiger partial charge in [0.1, 0.15) is 11.4 Å². The molecule has 3 N–H and O–H groups in total. The minimum atomic E-state index is -0.470. The molecule has 1 aromatic heterocycles. The fourth-order valence-electron chi connectivity index (χ4n) is 4.88. The Labute approximate surface area is 266 Å². The Bertz CT molecular complexity index is 1660. The number of likely N-dealkylation sites (N-methyl/N-ethyl adjacent to an activating group) is 1. The normalized spacial score (nSPS) is 13.3. The third kappa shape index (κ3) is 7.55. The summed E-state index contributed by atoms with van der Waals surface area (Å²) in [4.78, 5) is 39.6. The Morgan fingerprint density at radius 1 is 1.00 bits per heavy atom. The van der Waals surface area contributed by atoms with Crippen molar-refractivity contribution >= 4 is 69.4 Å². The van der Waals surface area contributed by atoms with Crippen LogP contribution >= 0.6 is 23.2 Å². The van der Waals surface area contributed by atoms with Crippen molar-refractivity contribution in [1.29, 1.82) is 0 Å². The van der Waals surface area contributed by atoms with Gasteiger partial charge in [0.05, 0.1) is 10.7 Å². The quantitative estimate of drug-likeness (QED) is 0.163. The molecule has 0 saturated carbocycles. The molecule has 44 heavy (non-hydrogen) atoms. The number of allylic oxidation sites excluding steroid dienone is 1. The van der Waals surface area contributed by atoms with E-state index >= 15 is 0 Å². The molecule has 4 aromatic rings. The number of aromatic nitrogens is 2. The summed E-state index contributed by atoms with van der Waals surface area (Å²) in [7, 11) is 2.13. The maximum absolute atomic E-state index is 13.6. The SMILES string of the molecule is C=CC(=O)Cc1ccccc1Nc1nc(Nc2ccc(N3CCN(C)CC3)cc2)ncc1C(=O)Nc1c(C)cc(Cl)cc1Cl. The molecule has 5 rings (SSSR count). The zero-order valence-electron chi connectivity index (χ0n) is 24.5. The molecule has 0 spiro atoms. The number of amides is 1. The number of benzene rings is 3. The van der Waals surface area contributed by atoms with Gasteiger partial charge in [0.15, 0.2) is 5.78 Å². The summed E-state index contributed by atoms with van der Waals surface area (Å²) in [5, 5.41) is 10.1. The standard InChI is InChI=1S/C33H33Cl2N7O2/c1-4-26(43)18-22-7-5-6-8-29(22)38-31-27(32(44)39-30-21(2)17-23(34)19-28(30)35)20-36-33(40-31)37-24-9-11-25(12-10-24)42-15-13-41(3)14-16-42/h4-12,17,19-20H,1,13-16,18H2,2-3H3,(H,39,44)(H2,36,37,38,40). The number of para-hydroxylation sites is 1. The number of rotatable bonds is 10. The second-order valence-corrected chi connectivity index (χ2v) is 11.4. The van der Waals surface area contributed by atoms with Gasteiger partial charge >= 0.3 is 0 Å². The molecule has 0 atom stereocenters. The van der Waals surface area contributed by atoms with Gasteiger partial charge in [-0.1, -0.05) is 48.0 Å². The molecule has 226 valence electrons. The van der Waals surface area contributed by atoms with Gasteiger partial charge in [-0.15, -0.1) is 0 Å². The number of nitrogens with zero attached hydrogens (tertiary/aromatic N) is 4. The van der Waals surface area contributed by atoms with Gasteiger partial charge in [0.2, 0.25) is 5.95 Å². The van der Waals surface area contributed by atoms with E-state index in [4.69, 9.17) is 23.2 Å². The van der Waals surface area contributed by atoms with Crippen LogP contribution in [0.4, 0.5) is 34.5 Å². The monoisotopic (exact) mass is 629 g/mol. The highest BCUT2D eigenvalue weighted by Gasteiger charge is 2.20. The summed E-state index contributed by atoms with van der Waals surface area (Å²) < 4.78 is 0. The van der Waals surface area contributed by atoms with E-state index in [2.05, 4.69) is 61.5 Å². The lowest BCUT2D eigenvalue weighted by Gasteiger charge is -2.34. The number of hydrogen-bond donors (Lipinski definition) is 3. The van der Waals surface area contributed by atoms with Crippen LogP contribution in [0.1, 0.15) is 21.5 Å². The summed E-state index contributed by atoms with van der Waals surface area (Å²) in [6.45, 7) is 9.39. The molecule has 0 aliphatic carbocycles. The van der Waals surface area contributed by atoms with Crippen LogP contribution in [-0.4, -0.2) is 59.8 Å².